The highest BCUT2D eigenvalue weighted by atomic mass is 35.5. The summed E-state index contributed by atoms with van der Waals surface area (Å²) < 4.78 is 52.4. The third kappa shape index (κ3) is 4.94. The molecule has 1 aliphatic carbocycles. The van der Waals surface area contributed by atoms with Crippen LogP contribution < -0.4 is 19.7 Å². The van der Waals surface area contributed by atoms with E-state index < -0.39 is 12.8 Å². The van der Waals surface area contributed by atoms with E-state index in [-0.39, 0.29) is 19.0 Å². The molecule has 39 heavy (non-hydrogen) atoms. The molecule has 2 aliphatic rings. The highest BCUT2D eigenvalue weighted by Crippen LogP contribution is 2.44. The Bertz CT molecular complexity index is 1510. The molecule has 8 nitrogen and oxygen atoms in total. The van der Waals surface area contributed by atoms with E-state index in [2.05, 4.69) is 15.3 Å². The van der Waals surface area contributed by atoms with Gasteiger partial charge in [0.1, 0.15) is 28.8 Å². The first-order valence-corrected chi connectivity index (χ1v) is 12.7. The number of methoxy groups -OCH3 is 1. The summed E-state index contributed by atoms with van der Waals surface area (Å²) in [5, 5.41) is 3.58. The SMILES string of the molecule is COc1cc(Nc2nc3c(c(N4CC(F)(F)C4)n2)CC[C@@H]3c2ccc(OCF)cc2)ccc1-n1cnc(Cl)c1. The number of imidazole rings is 1. The van der Waals surface area contributed by atoms with Crippen molar-refractivity contribution in [2.24, 2.45) is 0 Å². The lowest BCUT2D eigenvalue weighted by molar-refractivity contribution is -0.0267. The van der Waals surface area contributed by atoms with E-state index in [1.54, 1.807) is 47.3 Å². The average molecular weight is 557 g/mol. The third-order valence-electron chi connectivity index (χ3n) is 6.94. The van der Waals surface area contributed by atoms with Crippen molar-refractivity contribution < 1.29 is 22.6 Å². The second-order valence-electron chi connectivity index (χ2n) is 9.48. The lowest BCUT2D eigenvalue weighted by Crippen LogP contribution is -2.57. The Hall–Kier alpha value is -3.99. The van der Waals surface area contributed by atoms with Crippen molar-refractivity contribution in [2.45, 2.75) is 24.7 Å². The first-order chi connectivity index (χ1) is 18.8. The Balaban J connectivity index is 1.35. The summed E-state index contributed by atoms with van der Waals surface area (Å²) in [5.41, 5.74) is 4.03. The lowest BCUT2D eigenvalue weighted by Gasteiger charge is -2.40. The van der Waals surface area contributed by atoms with Crippen LogP contribution in [0.5, 0.6) is 11.5 Å². The molecule has 12 heteroatoms. The molecule has 0 saturated carbocycles. The normalized spacial score (nSPS) is 17.5. The zero-order chi connectivity index (χ0) is 27.1. The quantitative estimate of drug-likeness (QED) is 0.289. The van der Waals surface area contributed by atoms with Crippen molar-refractivity contribution in [2.75, 3.05) is 37.3 Å². The third-order valence-corrected chi connectivity index (χ3v) is 7.14. The topological polar surface area (TPSA) is 77.3 Å². The van der Waals surface area contributed by atoms with Gasteiger partial charge in [0.05, 0.1) is 31.6 Å². The molecule has 0 unspecified atom stereocenters. The van der Waals surface area contributed by atoms with Gasteiger partial charge in [-0.15, -0.1) is 0 Å². The van der Waals surface area contributed by atoms with Crippen LogP contribution in [0, 0.1) is 0 Å². The van der Waals surface area contributed by atoms with Crippen LogP contribution in [0.2, 0.25) is 5.15 Å². The van der Waals surface area contributed by atoms with E-state index in [0.29, 0.717) is 40.5 Å². The van der Waals surface area contributed by atoms with Gasteiger partial charge in [-0.25, -0.2) is 23.1 Å². The van der Waals surface area contributed by atoms with Gasteiger partial charge in [0, 0.05) is 29.4 Å². The maximum atomic E-state index is 13.8. The number of rotatable bonds is 8. The van der Waals surface area contributed by atoms with E-state index in [1.807, 2.05) is 24.3 Å². The molecule has 0 bridgehead atoms. The predicted octanol–water partition coefficient (Wildman–Crippen LogP) is 5.91. The summed E-state index contributed by atoms with van der Waals surface area (Å²) in [6.07, 6.45) is 4.67. The van der Waals surface area contributed by atoms with Crippen LogP contribution in [-0.2, 0) is 6.42 Å². The predicted molar refractivity (Wildman–Crippen MR) is 141 cm³/mol. The fraction of sp³-hybridized carbons (Fsp3) is 0.296. The molecule has 0 spiro atoms. The number of hydrogen-bond acceptors (Lipinski definition) is 7. The van der Waals surface area contributed by atoms with E-state index >= 15 is 0 Å². The number of alkyl halides is 3. The Labute approximate surface area is 227 Å². The first kappa shape index (κ1) is 25.3. The summed E-state index contributed by atoms with van der Waals surface area (Å²) in [6.45, 7) is -1.67. The van der Waals surface area contributed by atoms with Crippen LogP contribution in [0.4, 0.5) is 30.6 Å². The highest BCUT2D eigenvalue weighted by molar-refractivity contribution is 6.29. The van der Waals surface area contributed by atoms with Gasteiger partial charge in [0.15, 0.2) is 0 Å². The minimum atomic E-state index is -2.74. The maximum Gasteiger partial charge on any atom is 0.282 e. The molecule has 1 aliphatic heterocycles. The molecular weight excluding hydrogens is 533 g/mol. The fourth-order valence-electron chi connectivity index (χ4n) is 5.13. The van der Waals surface area contributed by atoms with Crippen LogP contribution in [0.1, 0.15) is 29.2 Å². The molecule has 1 atom stereocenters. The molecule has 2 aromatic heterocycles. The van der Waals surface area contributed by atoms with E-state index in [0.717, 1.165) is 28.9 Å². The molecule has 4 aromatic rings. The number of anilines is 3. The Morgan fingerprint density at radius 1 is 1.13 bits per heavy atom. The fourth-order valence-corrected chi connectivity index (χ4v) is 5.28. The number of ether oxygens (including phenoxy) is 2. The van der Waals surface area contributed by atoms with Crippen molar-refractivity contribution >= 4 is 29.1 Å². The van der Waals surface area contributed by atoms with E-state index in [4.69, 9.17) is 26.1 Å². The van der Waals surface area contributed by atoms with Crippen LogP contribution in [-0.4, -0.2) is 52.5 Å². The van der Waals surface area contributed by atoms with Gasteiger partial charge in [-0.3, -0.25) is 0 Å². The van der Waals surface area contributed by atoms with Gasteiger partial charge in [-0.2, -0.15) is 4.98 Å². The largest absolute Gasteiger partial charge is 0.494 e. The van der Waals surface area contributed by atoms with Gasteiger partial charge in [0.25, 0.3) is 5.92 Å². The maximum absolute atomic E-state index is 13.8. The van der Waals surface area contributed by atoms with Crippen LogP contribution >= 0.6 is 11.6 Å². The molecule has 1 saturated heterocycles. The summed E-state index contributed by atoms with van der Waals surface area (Å²) in [6, 6.07) is 12.6. The zero-order valence-electron chi connectivity index (χ0n) is 20.9. The number of fused-ring (bicyclic) bond motifs is 1. The van der Waals surface area contributed by atoms with Crippen LogP contribution in [0.15, 0.2) is 55.0 Å². The molecule has 0 radical (unpaired) electrons. The minimum Gasteiger partial charge on any atom is -0.494 e. The number of aromatic nitrogens is 4. The van der Waals surface area contributed by atoms with Crippen LogP contribution in [0.25, 0.3) is 5.69 Å². The number of nitrogens with zero attached hydrogens (tertiary/aromatic N) is 5. The van der Waals surface area contributed by atoms with Crippen molar-refractivity contribution in [3.8, 4) is 17.2 Å². The van der Waals surface area contributed by atoms with Crippen molar-refractivity contribution in [1.29, 1.82) is 0 Å². The second-order valence-corrected chi connectivity index (χ2v) is 9.86. The molecule has 2 aromatic carbocycles. The van der Waals surface area contributed by atoms with Crippen molar-refractivity contribution in [3.05, 3.63) is 77.0 Å². The summed E-state index contributed by atoms with van der Waals surface area (Å²) in [5.74, 6) is -0.996. The number of hydrogen-bond donors (Lipinski definition) is 1. The van der Waals surface area contributed by atoms with Crippen molar-refractivity contribution in [3.63, 3.8) is 0 Å². The van der Waals surface area contributed by atoms with E-state index in [1.165, 1.54) is 0 Å². The van der Waals surface area contributed by atoms with E-state index in [9.17, 15) is 13.2 Å². The molecule has 1 fully saturated rings. The first-order valence-electron chi connectivity index (χ1n) is 12.3. The Kier molecular flexibility index (Phi) is 6.46. The molecule has 3 heterocycles. The number of benzene rings is 2. The molecular formula is C27H24ClF3N6O2. The summed E-state index contributed by atoms with van der Waals surface area (Å²) >= 11 is 5.97. The highest BCUT2D eigenvalue weighted by Gasteiger charge is 2.46. The van der Waals surface area contributed by atoms with Crippen LogP contribution in [0.3, 0.4) is 0 Å². The summed E-state index contributed by atoms with van der Waals surface area (Å²) in [4.78, 5) is 15.1. The number of halogens is 4. The van der Waals surface area contributed by atoms with Gasteiger partial charge in [0.2, 0.25) is 12.8 Å². The Morgan fingerprint density at radius 3 is 2.59 bits per heavy atom. The second kappa shape index (κ2) is 9.96. The minimum absolute atomic E-state index is 0.0635. The standard InChI is InChI=1S/C27H24ClF3N6O2/c1-38-22-10-17(4-9-21(22)36-11-23(28)32-15-36)33-26-34-24-19(16-2-5-18(6-3-16)39-14-29)7-8-20(24)25(35-26)37-12-27(30,31)13-37/h2-6,9-11,15,19H,7-8,12-14H2,1H3,(H,33,34,35)/t19-/m1/s1. The lowest BCUT2D eigenvalue weighted by atomic mass is 9.96. The van der Waals surface area contributed by atoms with Crippen molar-refractivity contribution in [1.82, 2.24) is 19.5 Å². The zero-order valence-corrected chi connectivity index (χ0v) is 21.6. The monoisotopic (exact) mass is 556 g/mol. The summed E-state index contributed by atoms with van der Waals surface area (Å²) in [7, 11) is 1.56. The van der Waals surface area contributed by atoms with Gasteiger partial charge < -0.3 is 24.3 Å². The molecule has 202 valence electrons. The van der Waals surface area contributed by atoms with Gasteiger partial charge in [-0.05, 0) is 42.7 Å². The van der Waals surface area contributed by atoms with Gasteiger partial charge in [-0.1, -0.05) is 23.7 Å². The number of nitrogens with one attached hydrogen (secondary N) is 1. The molecule has 0 amide bonds. The Morgan fingerprint density at radius 2 is 1.92 bits per heavy atom. The molecule has 1 N–H and O–H groups in total. The smallest absolute Gasteiger partial charge is 0.282 e. The molecule has 6 rings (SSSR count). The van der Waals surface area contributed by atoms with Gasteiger partial charge >= 0.3 is 0 Å². The average Bonchev–Trinajstić information content (AvgIpc) is 3.54.